The number of carbonyl (C=O) groups is 1. The Morgan fingerprint density at radius 1 is 1.33 bits per heavy atom. The number of nitrogens with one attached hydrogen (secondary N) is 1. The van der Waals surface area contributed by atoms with Gasteiger partial charge in [-0.05, 0) is 24.0 Å². The van der Waals surface area contributed by atoms with Crippen LogP contribution < -0.4 is 5.32 Å². The first-order valence-electron chi connectivity index (χ1n) is 8.30. The Hall–Kier alpha value is -2.27. The van der Waals surface area contributed by atoms with Crippen molar-refractivity contribution in [2.24, 2.45) is 5.92 Å². The van der Waals surface area contributed by atoms with Gasteiger partial charge >= 0.3 is 0 Å². The summed E-state index contributed by atoms with van der Waals surface area (Å²) in [5.74, 6) is -0.517. The molecule has 0 bridgehead atoms. The lowest BCUT2D eigenvalue weighted by molar-refractivity contribution is 0.0860. The molecule has 0 radical (unpaired) electrons. The lowest BCUT2D eigenvalue weighted by Crippen LogP contribution is -2.49. The van der Waals surface area contributed by atoms with E-state index in [1.54, 1.807) is 0 Å². The molecule has 0 aliphatic carbocycles. The van der Waals surface area contributed by atoms with Crippen LogP contribution in [-0.4, -0.2) is 34.9 Å². The third kappa shape index (κ3) is 4.17. The standard InChI is InChI=1S/C19H22FN3O/c1-14-12-23(13-15-5-3-2-4-6-15)10-8-17(14)22-19(24)16-7-9-21-18(20)11-16/h2-7,9,11,14,17H,8,10,12-13H2,1H3,(H,22,24). The Morgan fingerprint density at radius 3 is 2.83 bits per heavy atom. The van der Waals surface area contributed by atoms with E-state index in [4.69, 9.17) is 0 Å². The molecule has 1 aromatic carbocycles. The minimum atomic E-state index is -0.631. The third-order valence-corrected chi connectivity index (χ3v) is 4.54. The number of rotatable bonds is 4. The van der Waals surface area contributed by atoms with Gasteiger partial charge < -0.3 is 5.32 Å². The maximum Gasteiger partial charge on any atom is 0.251 e. The van der Waals surface area contributed by atoms with E-state index in [0.717, 1.165) is 26.1 Å². The molecular formula is C19H22FN3O. The molecule has 2 unspecified atom stereocenters. The predicted molar refractivity (Wildman–Crippen MR) is 90.9 cm³/mol. The Labute approximate surface area is 141 Å². The van der Waals surface area contributed by atoms with Gasteiger partial charge in [-0.1, -0.05) is 37.3 Å². The number of hydrogen-bond donors (Lipinski definition) is 1. The number of halogens is 1. The number of nitrogens with zero attached hydrogens (tertiary/aromatic N) is 2. The van der Waals surface area contributed by atoms with Gasteiger partial charge in [0.25, 0.3) is 5.91 Å². The van der Waals surface area contributed by atoms with Gasteiger partial charge in [-0.2, -0.15) is 4.39 Å². The molecule has 1 aromatic heterocycles. The Kier molecular flexibility index (Phi) is 5.20. The van der Waals surface area contributed by atoms with E-state index in [9.17, 15) is 9.18 Å². The summed E-state index contributed by atoms with van der Waals surface area (Å²) < 4.78 is 13.1. The fourth-order valence-electron chi connectivity index (χ4n) is 3.23. The van der Waals surface area contributed by atoms with E-state index < -0.39 is 5.95 Å². The molecule has 4 nitrogen and oxygen atoms in total. The van der Waals surface area contributed by atoms with Crippen molar-refractivity contribution in [1.29, 1.82) is 0 Å². The van der Waals surface area contributed by atoms with Crippen LogP contribution in [0, 0.1) is 11.9 Å². The summed E-state index contributed by atoms with van der Waals surface area (Å²) >= 11 is 0. The normalized spacial score (nSPS) is 21.4. The zero-order valence-corrected chi connectivity index (χ0v) is 13.8. The Bertz CT molecular complexity index is 692. The predicted octanol–water partition coefficient (Wildman–Crippen LogP) is 2.86. The molecule has 0 spiro atoms. The molecule has 126 valence electrons. The van der Waals surface area contributed by atoms with E-state index in [0.29, 0.717) is 11.5 Å². The molecule has 2 aromatic rings. The number of likely N-dealkylation sites (tertiary alicyclic amines) is 1. The largest absolute Gasteiger partial charge is 0.349 e. The lowest BCUT2D eigenvalue weighted by Gasteiger charge is -2.37. The van der Waals surface area contributed by atoms with Crippen LogP contribution >= 0.6 is 0 Å². The van der Waals surface area contributed by atoms with Gasteiger partial charge in [-0.15, -0.1) is 0 Å². The summed E-state index contributed by atoms with van der Waals surface area (Å²) in [7, 11) is 0. The molecule has 1 fully saturated rings. The monoisotopic (exact) mass is 327 g/mol. The van der Waals surface area contributed by atoms with Crippen LogP contribution in [0.25, 0.3) is 0 Å². The number of amides is 1. The number of piperidine rings is 1. The molecule has 24 heavy (non-hydrogen) atoms. The Balaban J connectivity index is 1.55. The minimum absolute atomic E-state index is 0.112. The van der Waals surface area contributed by atoms with Crippen LogP contribution in [0.5, 0.6) is 0 Å². The average molecular weight is 327 g/mol. The van der Waals surface area contributed by atoms with Crippen molar-refractivity contribution in [2.45, 2.75) is 25.9 Å². The molecule has 2 atom stereocenters. The van der Waals surface area contributed by atoms with Gasteiger partial charge in [0.1, 0.15) is 0 Å². The molecule has 0 saturated carbocycles. The third-order valence-electron chi connectivity index (χ3n) is 4.54. The van der Waals surface area contributed by atoms with E-state index in [-0.39, 0.29) is 11.9 Å². The summed E-state index contributed by atoms with van der Waals surface area (Å²) in [5, 5.41) is 3.04. The van der Waals surface area contributed by atoms with Crippen molar-refractivity contribution in [2.75, 3.05) is 13.1 Å². The number of aromatic nitrogens is 1. The first kappa shape index (κ1) is 16.6. The van der Waals surface area contributed by atoms with Crippen LogP contribution in [-0.2, 0) is 6.54 Å². The van der Waals surface area contributed by atoms with Gasteiger partial charge in [0.2, 0.25) is 5.95 Å². The van der Waals surface area contributed by atoms with E-state index in [1.807, 2.05) is 6.07 Å². The van der Waals surface area contributed by atoms with Crippen molar-refractivity contribution in [3.8, 4) is 0 Å². The quantitative estimate of drug-likeness (QED) is 0.878. The molecule has 2 heterocycles. The van der Waals surface area contributed by atoms with E-state index in [2.05, 4.69) is 46.4 Å². The molecule has 1 N–H and O–H groups in total. The van der Waals surface area contributed by atoms with Crippen molar-refractivity contribution in [3.05, 3.63) is 65.7 Å². The Morgan fingerprint density at radius 2 is 2.12 bits per heavy atom. The highest BCUT2D eigenvalue weighted by atomic mass is 19.1. The topological polar surface area (TPSA) is 45.2 Å². The van der Waals surface area contributed by atoms with Crippen LogP contribution in [0.1, 0.15) is 29.3 Å². The number of hydrogen-bond acceptors (Lipinski definition) is 3. The van der Waals surface area contributed by atoms with Gasteiger partial charge in [0.15, 0.2) is 0 Å². The number of carbonyl (C=O) groups excluding carboxylic acids is 1. The molecule has 1 amide bonds. The van der Waals surface area contributed by atoms with E-state index in [1.165, 1.54) is 23.9 Å². The van der Waals surface area contributed by atoms with Crippen molar-refractivity contribution < 1.29 is 9.18 Å². The fraction of sp³-hybridized carbons (Fsp3) is 0.368. The molecule has 5 heteroatoms. The summed E-state index contributed by atoms with van der Waals surface area (Å²) in [6, 6.07) is 13.2. The highest BCUT2D eigenvalue weighted by molar-refractivity contribution is 5.94. The second-order valence-corrected chi connectivity index (χ2v) is 6.43. The van der Waals surface area contributed by atoms with Gasteiger partial charge in [0, 0.05) is 43.5 Å². The van der Waals surface area contributed by atoms with Crippen LogP contribution in [0.4, 0.5) is 4.39 Å². The molecule has 1 saturated heterocycles. The van der Waals surface area contributed by atoms with Gasteiger partial charge in [-0.3, -0.25) is 9.69 Å². The SMILES string of the molecule is CC1CN(Cc2ccccc2)CCC1NC(=O)c1ccnc(F)c1. The van der Waals surface area contributed by atoms with Crippen LogP contribution in [0.15, 0.2) is 48.7 Å². The smallest absolute Gasteiger partial charge is 0.251 e. The van der Waals surface area contributed by atoms with Crippen molar-refractivity contribution >= 4 is 5.91 Å². The first-order chi connectivity index (χ1) is 11.6. The van der Waals surface area contributed by atoms with Crippen molar-refractivity contribution in [1.82, 2.24) is 15.2 Å². The first-order valence-corrected chi connectivity index (χ1v) is 8.30. The average Bonchev–Trinajstić information content (AvgIpc) is 2.58. The van der Waals surface area contributed by atoms with Gasteiger partial charge in [0.05, 0.1) is 0 Å². The van der Waals surface area contributed by atoms with Gasteiger partial charge in [-0.25, -0.2) is 4.98 Å². The molecular weight excluding hydrogens is 305 g/mol. The fourth-order valence-corrected chi connectivity index (χ4v) is 3.23. The van der Waals surface area contributed by atoms with E-state index >= 15 is 0 Å². The number of benzene rings is 1. The zero-order chi connectivity index (χ0) is 16.9. The van der Waals surface area contributed by atoms with Crippen molar-refractivity contribution in [3.63, 3.8) is 0 Å². The highest BCUT2D eigenvalue weighted by Crippen LogP contribution is 2.19. The van der Waals surface area contributed by atoms with Crippen LogP contribution in [0.3, 0.4) is 0 Å². The summed E-state index contributed by atoms with van der Waals surface area (Å²) in [4.78, 5) is 18.2. The molecule has 3 rings (SSSR count). The maximum atomic E-state index is 13.1. The highest BCUT2D eigenvalue weighted by Gasteiger charge is 2.27. The molecule has 1 aliphatic heterocycles. The van der Waals surface area contributed by atoms with Crippen LogP contribution in [0.2, 0.25) is 0 Å². The maximum absolute atomic E-state index is 13.1. The molecule has 1 aliphatic rings. The lowest BCUT2D eigenvalue weighted by atomic mass is 9.93. The number of pyridine rings is 1. The zero-order valence-electron chi connectivity index (χ0n) is 13.8. The second-order valence-electron chi connectivity index (χ2n) is 6.43. The minimum Gasteiger partial charge on any atom is -0.349 e. The summed E-state index contributed by atoms with van der Waals surface area (Å²) in [6.45, 7) is 4.95. The second kappa shape index (κ2) is 7.53. The summed E-state index contributed by atoms with van der Waals surface area (Å²) in [5.41, 5.74) is 1.63. The summed E-state index contributed by atoms with van der Waals surface area (Å²) in [6.07, 6.45) is 2.21.